The minimum Gasteiger partial charge on any atom is -0.507 e. The van der Waals surface area contributed by atoms with Crippen LogP contribution >= 0.6 is 11.6 Å². The van der Waals surface area contributed by atoms with Crippen molar-refractivity contribution in [3.63, 3.8) is 0 Å². The molecule has 5 nitrogen and oxygen atoms in total. The van der Waals surface area contributed by atoms with Gasteiger partial charge in [-0.25, -0.2) is 5.43 Å². The number of hydrogen-bond acceptors (Lipinski definition) is 4. The largest absolute Gasteiger partial charge is 0.507 e. The maximum Gasteiger partial charge on any atom is 0.272 e. The fourth-order valence-corrected chi connectivity index (χ4v) is 2.23. The van der Waals surface area contributed by atoms with Crippen molar-refractivity contribution in [3.05, 3.63) is 58.1 Å². The molecule has 0 heterocycles. The van der Waals surface area contributed by atoms with Gasteiger partial charge in [-0.2, -0.15) is 5.10 Å². The zero-order valence-corrected chi connectivity index (χ0v) is 13.6. The molecule has 0 atom stereocenters. The van der Waals surface area contributed by atoms with Crippen molar-refractivity contribution in [2.24, 2.45) is 5.10 Å². The molecule has 0 radical (unpaired) electrons. The van der Waals surface area contributed by atoms with Gasteiger partial charge in [0.15, 0.2) is 0 Å². The predicted octanol–water partition coefficient (Wildman–Crippen LogP) is 3.52. The van der Waals surface area contributed by atoms with Crippen molar-refractivity contribution in [1.29, 1.82) is 0 Å². The van der Waals surface area contributed by atoms with E-state index in [9.17, 15) is 9.90 Å². The lowest BCUT2D eigenvalue weighted by Gasteiger charge is -2.05. The first-order valence-electron chi connectivity index (χ1n) is 7.06. The molecule has 2 N–H and O–H groups in total. The van der Waals surface area contributed by atoms with E-state index in [4.69, 9.17) is 16.3 Å². The summed E-state index contributed by atoms with van der Waals surface area (Å²) in [6.45, 7) is 4.26. The van der Waals surface area contributed by atoms with Crippen LogP contribution in [-0.4, -0.2) is 23.8 Å². The number of aromatic hydroxyl groups is 1. The van der Waals surface area contributed by atoms with Gasteiger partial charge in [0.05, 0.1) is 23.4 Å². The lowest BCUT2D eigenvalue weighted by molar-refractivity contribution is 0.0955. The summed E-state index contributed by atoms with van der Waals surface area (Å²) in [5, 5.41) is 14.1. The Morgan fingerprint density at radius 1 is 1.35 bits per heavy atom. The quantitative estimate of drug-likeness (QED) is 0.650. The van der Waals surface area contributed by atoms with Crippen LogP contribution < -0.4 is 10.2 Å². The van der Waals surface area contributed by atoms with Gasteiger partial charge in [-0.3, -0.25) is 4.79 Å². The zero-order chi connectivity index (χ0) is 16.8. The number of carbonyl (C=O) groups excluding carboxylic acids is 1. The maximum atomic E-state index is 12.0. The Labute approximate surface area is 139 Å². The third-order valence-corrected chi connectivity index (χ3v) is 3.36. The molecule has 2 aromatic rings. The second kappa shape index (κ2) is 7.65. The van der Waals surface area contributed by atoms with Crippen LogP contribution in [-0.2, 0) is 0 Å². The Balaban J connectivity index is 2.05. The van der Waals surface area contributed by atoms with Crippen LogP contribution in [0.15, 0.2) is 41.5 Å². The van der Waals surface area contributed by atoms with Crippen molar-refractivity contribution < 1.29 is 14.6 Å². The molecule has 0 unspecified atom stereocenters. The molecule has 0 spiro atoms. The summed E-state index contributed by atoms with van der Waals surface area (Å²) in [4.78, 5) is 12.0. The molecule has 0 aromatic heterocycles. The van der Waals surface area contributed by atoms with Crippen molar-refractivity contribution in [3.8, 4) is 11.5 Å². The predicted molar refractivity (Wildman–Crippen MR) is 90.5 cm³/mol. The number of halogens is 1. The molecule has 0 aliphatic heterocycles. The number of phenolic OH excluding ortho intramolecular Hbond substituents is 1. The minimum atomic E-state index is -0.420. The van der Waals surface area contributed by atoms with Gasteiger partial charge in [-0.15, -0.1) is 0 Å². The maximum absolute atomic E-state index is 12.0. The first-order valence-corrected chi connectivity index (χ1v) is 7.44. The van der Waals surface area contributed by atoms with E-state index >= 15 is 0 Å². The van der Waals surface area contributed by atoms with Crippen LogP contribution in [0, 0.1) is 6.92 Å². The summed E-state index contributed by atoms with van der Waals surface area (Å²) >= 11 is 6.03. The van der Waals surface area contributed by atoms with E-state index in [1.165, 1.54) is 12.3 Å². The number of hydrazone groups is 1. The Bertz CT molecular complexity index is 745. The third kappa shape index (κ3) is 4.47. The highest BCUT2D eigenvalue weighted by atomic mass is 35.5. The van der Waals surface area contributed by atoms with Crippen molar-refractivity contribution >= 4 is 23.7 Å². The van der Waals surface area contributed by atoms with Crippen LogP contribution in [0.3, 0.4) is 0 Å². The fraction of sp³-hybridized carbons (Fsp3) is 0.176. The number of benzene rings is 2. The lowest BCUT2D eigenvalue weighted by Crippen LogP contribution is -2.18. The van der Waals surface area contributed by atoms with Gasteiger partial charge in [0.25, 0.3) is 5.91 Å². The van der Waals surface area contributed by atoms with Crippen molar-refractivity contribution in [1.82, 2.24) is 5.43 Å². The molecule has 0 fully saturated rings. The molecule has 2 rings (SSSR count). The molecule has 6 heteroatoms. The van der Waals surface area contributed by atoms with Gasteiger partial charge in [0.2, 0.25) is 0 Å². The highest BCUT2D eigenvalue weighted by Gasteiger charge is 2.09. The van der Waals surface area contributed by atoms with E-state index < -0.39 is 5.91 Å². The molecule has 23 heavy (non-hydrogen) atoms. The topological polar surface area (TPSA) is 70.9 Å². The number of phenols is 1. The summed E-state index contributed by atoms with van der Waals surface area (Å²) in [6.07, 6.45) is 1.35. The van der Waals surface area contributed by atoms with Gasteiger partial charge in [-0.1, -0.05) is 17.7 Å². The highest BCUT2D eigenvalue weighted by molar-refractivity contribution is 6.33. The molecule has 0 saturated heterocycles. The first-order chi connectivity index (χ1) is 11.0. The molecule has 0 aliphatic carbocycles. The lowest BCUT2D eigenvalue weighted by atomic mass is 10.1. The second-order valence-electron chi connectivity index (χ2n) is 4.84. The molecule has 0 bridgehead atoms. The van der Waals surface area contributed by atoms with Crippen LogP contribution in [0.1, 0.15) is 28.4 Å². The Morgan fingerprint density at radius 3 is 2.78 bits per heavy atom. The molecular formula is C17H17ClN2O3. The molecule has 0 saturated carbocycles. The van der Waals surface area contributed by atoms with Gasteiger partial charge < -0.3 is 9.84 Å². The minimum absolute atomic E-state index is 0.0160. The van der Waals surface area contributed by atoms with E-state index in [2.05, 4.69) is 10.5 Å². The average molecular weight is 333 g/mol. The summed E-state index contributed by atoms with van der Waals surface area (Å²) in [7, 11) is 0. The van der Waals surface area contributed by atoms with Crippen LogP contribution in [0.4, 0.5) is 0 Å². The van der Waals surface area contributed by atoms with Crippen LogP contribution in [0.25, 0.3) is 0 Å². The third-order valence-electron chi connectivity index (χ3n) is 3.05. The molecule has 2 aromatic carbocycles. The number of aryl methyl sites for hydroxylation is 1. The standard InChI is InChI=1S/C17H17ClN2O3/c1-3-23-13-6-5-12(16(21)9-13)10-19-20-17(22)14-7-4-11(2)8-15(14)18/h4-10,21H,3H2,1-2H3,(H,20,22)/b19-10-. The Hall–Kier alpha value is -2.53. The van der Waals surface area contributed by atoms with Gasteiger partial charge >= 0.3 is 0 Å². The zero-order valence-electron chi connectivity index (χ0n) is 12.8. The smallest absolute Gasteiger partial charge is 0.272 e. The molecule has 1 amide bonds. The van der Waals surface area contributed by atoms with E-state index in [0.717, 1.165) is 5.56 Å². The molecule has 120 valence electrons. The van der Waals surface area contributed by atoms with Crippen LogP contribution in [0.5, 0.6) is 11.5 Å². The number of amides is 1. The Morgan fingerprint density at radius 2 is 2.13 bits per heavy atom. The monoisotopic (exact) mass is 332 g/mol. The first kappa shape index (κ1) is 16.8. The van der Waals surface area contributed by atoms with E-state index in [-0.39, 0.29) is 5.75 Å². The van der Waals surface area contributed by atoms with Gasteiger partial charge in [0.1, 0.15) is 11.5 Å². The summed E-state index contributed by atoms with van der Waals surface area (Å²) in [6, 6.07) is 9.99. The SMILES string of the molecule is CCOc1ccc(/C=N\NC(=O)c2ccc(C)cc2Cl)c(O)c1. The van der Waals surface area contributed by atoms with Crippen LogP contribution in [0.2, 0.25) is 5.02 Å². The summed E-state index contributed by atoms with van der Waals surface area (Å²) in [5.74, 6) is 0.164. The van der Waals surface area contributed by atoms with E-state index in [1.807, 2.05) is 13.8 Å². The van der Waals surface area contributed by atoms with E-state index in [1.54, 1.807) is 30.3 Å². The van der Waals surface area contributed by atoms with Gasteiger partial charge in [0, 0.05) is 11.6 Å². The Kier molecular flexibility index (Phi) is 5.60. The van der Waals surface area contributed by atoms with Crippen molar-refractivity contribution in [2.45, 2.75) is 13.8 Å². The van der Waals surface area contributed by atoms with E-state index in [0.29, 0.717) is 28.5 Å². The normalized spacial score (nSPS) is 10.7. The summed E-state index contributed by atoms with van der Waals surface area (Å²) < 4.78 is 5.28. The number of hydrogen-bond donors (Lipinski definition) is 2. The fourth-order valence-electron chi connectivity index (χ4n) is 1.91. The number of nitrogens with zero attached hydrogens (tertiary/aromatic N) is 1. The van der Waals surface area contributed by atoms with Gasteiger partial charge in [-0.05, 0) is 43.7 Å². The van der Waals surface area contributed by atoms with Crippen molar-refractivity contribution in [2.75, 3.05) is 6.61 Å². The summed E-state index contributed by atoms with van der Waals surface area (Å²) in [5.41, 5.74) is 4.15. The highest BCUT2D eigenvalue weighted by Crippen LogP contribution is 2.22. The number of nitrogens with one attached hydrogen (secondary N) is 1. The number of carbonyl (C=O) groups is 1. The molecule has 0 aliphatic rings. The number of rotatable bonds is 5. The second-order valence-corrected chi connectivity index (χ2v) is 5.24. The molecular weight excluding hydrogens is 316 g/mol. The number of ether oxygens (including phenoxy) is 1. The average Bonchev–Trinajstić information content (AvgIpc) is 2.49.